The largest absolute Gasteiger partial charge is 0.464 e. The monoisotopic (exact) mass is 173 g/mol. The molecule has 1 fully saturated rings. The van der Waals surface area contributed by atoms with Crippen LogP contribution < -0.4 is 5.73 Å². The molecule has 1 rings (SSSR count). The Morgan fingerprint density at radius 1 is 1.75 bits per heavy atom. The van der Waals surface area contributed by atoms with Gasteiger partial charge in [0.05, 0.1) is 6.61 Å². The summed E-state index contributed by atoms with van der Waals surface area (Å²) in [5, 5.41) is 0. The van der Waals surface area contributed by atoms with E-state index in [1.165, 1.54) is 0 Å². The van der Waals surface area contributed by atoms with Crippen LogP contribution in [0.1, 0.15) is 19.8 Å². The lowest BCUT2D eigenvalue weighted by Gasteiger charge is -2.25. The average molecular weight is 173 g/mol. The van der Waals surface area contributed by atoms with Gasteiger partial charge in [0.2, 0.25) is 0 Å². The highest BCUT2D eigenvalue weighted by molar-refractivity contribution is 5.74. The third kappa shape index (κ3) is 2.46. The fraction of sp³-hybridized carbons (Fsp3) is 0.875. The minimum atomic E-state index is -0.436. The molecule has 0 radical (unpaired) electrons. The van der Waals surface area contributed by atoms with Crippen LogP contribution in [0.15, 0.2) is 0 Å². The molecule has 1 saturated heterocycles. The zero-order chi connectivity index (χ0) is 8.97. The summed E-state index contributed by atoms with van der Waals surface area (Å²) in [4.78, 5) is 11.1. The lowest BCUT2D eigenvalue weighted by Crippen LogP contribution is -2.39. The van der Waals surface area contributed by atoms with Crippen molar-refractivity contribution in [2.75, 3.05) is 13.2 Å². The predicted molar refractivity (Wildman–Crippen MR) is 43.6 cm³/mol. The third-order valence-electron chi connectivity index (χ3n) is 1.87. The minimum absolute atomic E-state index is 0.0770. The molecule has 2 unspecified atom stereocenters. The standard InChI is InChI=1S/C8H15NO3/c1-2-11-8(10)7-5-6(9)3-4-12-7/h6-7H,2-5,9H2,1H3. The van der Waals surface area contributed by atoms with Crippen LogP contribution in [-0.2, 0) is 14.3 Å². The van der Waals surface area contributed by atoms with Gasteiger partial charge in [-0.15, -0.1) is 0 Å². The Labute approximate surface area is 72.0 Å². The molecule has 4 nitrogen and oxygen atoms in total. The summed E-state index contributed by atoms with van der Waals surface area (Å²) in [6.07, 6.45) is 0.975. The SMILES string of the molecule is CCOC(=O)C1CC(N)CCO1. The summed E-state index contributed by atoms with van der Waals surface area (Å²) in [5.41, 5.74) is 5.67. The number of nitrogens with two attached hydrogens (primary N) is 1. The zero-order valence-electron chi connectivity index (χ0n) is 7.29. The molecule has 0 saturated carbocycles. The van der Waals surface area contributed by atoms with Crippen LogP contribution in [-0.4, -0.2) is 31.3 Å². The second kappa shape index (κ2) is 4.42. The zero-order valence-corrected chi connectivity index (χ0v) is 7.29. The highest BCUT2D eigenvalue weighted by Gasteiger charge is 2.26. The van der Waals surface area contributed by atoms with Gasteiger partial charge >= 0.3 is 5.97 Å². The van der Waals surface area contributed by atoms with Gasteiger partial charge in [0.25, 0.3) is 0 Å². The maximum Gasteiger partial charge on any atom is 0.335 e. The van der Waals surface area contributed by atoms with Crippen LogP contribution in [0.25, 0.3) is 0 Å². The van der Waals surface area contributed by atoms with Crippen LogP contribution >= 0.6 is 0 Å². The Hall–Kier alpha value is -0.610. The van der Waals surface area contributed by atoms with Gasteiger partial charge < -0.3 is 15.2 Å². The first kappa shape index (κ1) is 9.48. The van der Waals surface area contributed by atoms with Gasteiger partial charge in [0.1, 0.15) is 0 Å². The second-order valence-electron chi connectivity index (χ2n) is 2.90. The number of carbonyl (C=O) groups is 1. The first-order valence-electron chi connectivity index (χ1n) is 4.28. The van der Waals surface area contributed by atoms with Gasteiger partial charge in [0, 0.05) is 12.6 Å². The molecule has 12 heavy (non-hydrogen) atoms. The molecule has 0 aliphatic carbocycles. The molecule has 0 spiro atoms. The van der Waals surface area contributed by atoms with E-state index < -0.39 is 6.10 Å². The van der Waals surface area contributed by atoms with Crippen molar-refractivity contribution in [3.05, 3.63) is 0 Å². The topological polar surface area (TPSA) is 61.5 Å². The van der Waals surface area contributed by atoms with Gasteiger partial charge in [-0.1, -0.05) is 0 Å². The molecule has 70 valence electrons. The fourth-order valence-electron chi connectivity index (χ4n) is 1.22. The number of carbonyl (C=O) groups excluding carboxylic acids is 1. The summed E-state index contributed by atoms with van der Waals surface area (Å²) >= 11 is 0. The molecular weight excluding hydrogens is 158 g/mol. The predicted octanol–water partition coefficient (Wildman–Crippen LogP) is 0.0558. The molecule has 2 atom stereocenters. The van der Waals surface area contributed by atoms with E-state index in [9.17, 15) is 4.79 Å². The highest BCUT2D eigenvalue weighted by atomic mass is 16.6. The molecule has 1 aliphatic heterocycles. The number of hydrogen-bond donors (Lipinski definition) is 1. The molecular formula is C8H15NO3. The Kier molecular flexibility index (Phi) is 3.49. The summed E-state index contributed by atoms with van der Waals surface area (Å²) in [5.74, 6) is -0.285. The van der Waals surface area contributed by atoms with Crippen molar-refractivity contribution in [1.82, 2.24) is 0 Å². The molecule has 0 bridgehead atoms. The molecule has 0 aromatic carbocycles. The van der Waals surface area contributed by atoms with Crippen molar-refractivity contribution in [3.8, 4) is 0 Å². The van der Waals surface area contributed by atoms with Crippen molar-refractivity contribution >= 4 is 5.97 Å². The maximum absolute atomic E-state index is 11.1. The smallest absolute Gasteiger partial charge is 0.335 e. The first-order valence-corrected chi connectivity index (χ1v) is 4.28. The summed E-state index contributed by atoms with van der Waals surface area (Å²) in [7, 11) is 0. The van der Waals surface area contributed by atoms with Crippen molar-refractivity contribution < 1.29 is 14.3 Å². The number of rotatable bonds is 2. The Bertz CT molecular complexity index is 160. The molecule has 0 aromatic heterocycles. The molecule has 1 heterocycles. The fourth-order valence-corrected chi connectivity index (χ4v) is 1.22. The van der Waals surface area contributed by atoms with Gasteiger partial charge in [-0.2, -0.15) is 0 Å². The minimum Gasteiger partial charge on any atom is -0.464 e. The lowest BCUT2D eigenvalue weighted by molar-refractivity contribution is -0.159. The number of hydrogen-bond acceptors (Lipinski definition) is 4. The van der Waals surface area contributed by atoms with E-state index in [1.807, 2.05) is 0 Å². The molecule has 0 aromatic rings. The van der Waals surface area contributed by atoms with E-state index in [0.717, 1.165) is 6.42 Å². The second-order valence-corrected chi connectivity index (χ2v) is 2.90. The van der Waals surface area contributed by atoms with Gasteiger partial charge in [-0.05, 0) is 19.8 Å². The Morgan fingerprint density at radius 2 is 2.50 bits per heavy atom. The molecule has 2 N–H and O–H groups in total. The normalized spacial score (nSPS) is 29.8. The summed E-state index contributed by atoms with van der Waals surface area (Å²) < 4.78 is 10.0. The van der Waals surface area contributed by atoms with Crippen molar-refractivity contribution in [3.63, 3.8) is 0 Å². The third-order valence-corrected chi connectivity index (χ3v) is 1.87. The number of ether oxygens (including phenoxy) is 2. The molecule has 0 amide bonds. The van der Waals surface area contributed by atoms with Crippen molar-refractivity contribution in [2.45, 2.75) is 31.9 Å². The van der Waals surface area contributed by atoms with Gasteiger partial charge in [0.15, 0.2) is 6.10 Å². The van der Waals surface area contributed by atoms with Crippen LogP contribution in [0.4, 0.5) is 0 Å². The van der Waals surface area contributed by atoms with Crippen LogP contribution in [0, 0.1) is 0 Å². The molecule has 4 heteroatoms. The Balaban J connectivity index is 2.35. The van der Waals surface area contributed by atoms with Gasteiger partial charge in [-0.25, -0.2) is 4.79 Å². The number of esters is 1. The maximum atomic E-state index is 11.1. The van der Waals surface area contributed by atoms with Crippen LogP contribution in [0.3, 0.4) is 0 Å². The van der Waals surface area contributed by atoms with Crippen molar-refractivity contribution in [1.29, 1.82) is 0 Å². The van der Waals surface area contributed by atoms with E-state index >= 15 is 0 Å². The summed E-state index contributed by atoms with van der Waals surface area (Å²) in [6, 6.07) is 0.0770. The van der Waals surface area contributed by atoms with E-state index in [1.54, 1.807) is 6.92 Å². The first-order chi connectivity index (χ1) is 5.74. The average Bonchev–Trinajstić information content (AvgIpc) is 2.05. The van der Waals surface area contributed by atoms with Crippen molar-refractivity contribution in [2.24, 2.45) is 5.73 Å². The van der Waals surface area contributed by atoms with E-state index in [2.05, 4.69) is 0 Å². The highest BCUT2D eigenvalue weighted by Crippen LogP contribution is 2.13. The molecule has 1 aliphatic rings. The lowest BCUT2D eigenvalue weighted by atomic mass is 10.0. The van der Waals surface area contributed by atoms with Gasteiger partial charge in [-0.3, -0.25) is 0 Å². The van der Waals surface area contributed by atoms with Crippen LogP contribution in [0.2, 0.25) is 0 Å². The Morgan fingerprint density at radius 3 is 3.08 bits per heavy atom. The van der Waals surface area contributed by atoms with Crippen LogP contribution in [0.5, 0.6) is 0 Å². The van der Waals surface area contributed by atoms with E-state index in [4.69, 9.17) is 15.2 Å². The summed E-state index contributed by atoms with van der Waals surface area (Å²) in [6.45, 7) is 2.74. The quantitative estimate of drug-likeness (QED) is 0.600. The van der Waals surface area contributed by atoms with E-state index in [0.29, 0.717) is 19.6 Å². The van der Waals surface area contributed by atoms with E-state index in [-0.39, 0.29) is 12.0 Å².